The Kier molecular flexibility index (Phi) is 10.0. The molecule has 4 rings (SSSR count). The van der Waals surface area contributed by atoms with Gasteiger partial charge in [0.1, 0.15) is 18.5 Å². The zero-order chi connectivity index (χ0) is 28.3. The summed E-state index contributed by atoms with van der Waals surface area (Å²) in [6.07, 6.45) is 0.946. The van der Waals surface area contributed by atoms with Crippen molar-refractivity contribution in [1.29, 1.82) is 5.41 Å². The average Bonchev–Trinajstić information content (AvgIpc) is 3.00. The molecule has 3 atom stereocenters. The molecule has 0 aliphatic carbocycles. The number of amides is 3. The predicted octanol–water partition coefficient (Wildman–Crippen LogP) is 3.60. The Labute approximate surface area is 234 Å². The fraction of sp³-hybridized carbons (Fsp3) is 0.290. The number of hydrogen-bond acceptors (Lipinski definition) is 6. The van der Waals surface area contributed by atoms with Crippen molar-refractivity contribution in [2.75, 3.05) is 6.54 Å². The van der Waals surface area contributed by atoms with Crippen LogP contribution in [0.5, 0.6) is 0 Å². The minimum Gasteiger partial charge on any atom is -0.444 e. The van der Waals surface area contributed by atoms with E-state index in [9.17, 15) is 14.4 Å². The van der Waals surface area contributed by atoms with Crippen LogP contribution >= 0.6 is 0 Å². The van der Waals surface area contributed by atoms with Gasteiger partial charge in [0.05, 0.1) is 6.04 Å². The molecule has 1 aliphatic heterocycles. The molecule has 3 aromatic rings. The molecule has 0 radical (unpaired) electrons. The molecular weight excluding hydrogens is 506 g/mol. The molecule has 1 heterocycles. The smallest absolute Gasteiger partial charge is 0.413 e. The number of carbonyl (C=O) groups excluding carboxylic acids is 3. The number of amidine groups is 1. The summed E-state index contributed by atoms with van der Waals surface area (Å²) in [6.45, 7) is 2.79. The van der Waals surface area contributed by atoms with Crippen LogP contribution in [0.2, 0.25) is 0 Å². The molecule has 1 saturated heterocycles. The summed E-state index contributed by atoms with van der Waals surface area (Å²) in [6, 6.07) is 25.3. The molecule has 40 heavy (non-hydrogen) atoms. The molecule has 3 amide bonds. The fourth-order valence-electron chi connectivity index (χ4n) is 4.59. The molecule has 0 aromatic heterocycles. The maximum absolute atomic E-state index is 12.8. The molecule has 3 aromatic carbocycles. The lowest BCUT2D eigenvalue weighted by Gasteiger charge is -2.30. The molecule has 5 N–H and O–H groups in total. The summed E-state index contributed by atoms with van der Waals surface area (Å²) in [7, 11) is 0. The lowest BCUT2D eigenvalue weighted by molar-refractivity contribution is -0.130. The highest BCUT2D eigenvalue weighted by atomic mass is 16.5. The average molecular weight is 542 g/mol. The SMILES string of the molecule is C[C@H](NC(=O)[C@H]1C[C@@H](c2ccccc2)CCN1)C(=O)NCc1ccc(C(=N)NC(=O)OCc2ccccc2)cc1. The van der Waals surface area contributed by atoms with Gasteiger partial charge in [0, 0.05) is 12.1 Å². The number of alkyl carbamates (subject to hydrolysis) is 1. The molecule has 208 valence electrons. The van der Waals surface area contributed by atoms with E-state index in [1.165, 1.54) is 5.56 Å². The number of nitrogens with one attached hydrogen (secondary N) is 5. The first-order chi connectivity index (χ1) is 19.4. The monoisotopic (exact) mass is 541 g/mol. The predicted molar refractivity (Wildman–Crippen MR) is 153 cm³/mol. The summed E-state index contributed by atoms with van der Waals surface area (Å²) < 4.78 is 5.15. The second-order valence-corrected chi connectivity index (χ2v) is 9.85. The van der Waals surface area contributed by atoms with Crippen molar-refractivity contribution in [3.8, 4) is 0 Å². The zero-order valence-corrected chi connectivity index (χ0v) is 22.5. The third kappa shape index (κ3) is 8.25. The van der Waals surface area contributed by atoms with E-state index in [2.05, 4.69) is 33.4 Å². The van der Waals surface area contributed by atoms with Crippen LogP contribution in [-0.4, -0.2) is 42.4 Å². The van der Waals surface area contributed by atoms with Gasteiger partial charge in [0.2, 0.25) is 11.8 Å². The summed E-state index contributed by atoms with van der Waals surface area (Å²) in [5.74, 6) is -0.248. The van der Waals surface area contributed by atoms with Crippen molar-refractivity contribution >= 4 is 23.7 Å². The second kappa shape index (κ2) is 14.0. The topological polar surface area (TPSA) is 132 Å². The van der Waals surface area contributed by atoms with E-state index in [-0.39, 0.29) is 36.8 Å². The van der Waals surface area contributed by atoms with Gasteiger partial charge in [-0.3, -0.25) is 20.3 Å². The van der Waals surface area contributed by atoms with Crippen molar-refractivity contribution < 1.29 is 19.1 Å². The van der Waals surface area contributed by atoms with E-state index in [1.54, 1.807) is 31.2 Å². The van der Waals surface area contributed by atoms with E-state index < -0.39 is 12.1 Å². The maximum Gasteiger partial charge on any atom is 0.413 e. The van der Waals surface area contributed by atoms with E-state index in [0.29, 0.717) is 17.9 Å². The van der Waals surface area contributed by atoms with E-state index in [1.807, 2.05) is 48.5 Å². The first-order valence-electron chi connectivity index (χ1n) is 13.4. The first kappa shape index (κ1) is 28.5. The van der Waals surface area contributed by atoms with E-state index >= 15 is 0 Å². The summed E-state index contributed by atoms with van der Waals surface area (Å²) in [4.78, 5) is 37.5. The molecule has 1 fully saturated rings. The van der Waals surface area contributed by atoms with Gasteiger partial charge in [0.25, 0.3) is 0 Å². The number of piperidine rings is 1. The molecule has 0 spiro atoms. The molecule has 0 saturated carbocycles. The van der Waals surface area contributed by atoms with Crippen molar-refractivity contribution in [3.05, 3.63) is 107 Å². The van der Waals surface area contributed by atoms with Crippen molar-refractivity contribution in [3.63, 3.8) is 0 Å². The fourth-order valence-corrected chi connectivity index (χ4v) is 4.59. The third-order valence-corrected chi connectivity index (χ3v) is 6.89. The van der Waals surface area contributed by atoms with Crippen molar-refractivity contribution in [1.82, 2.24) is 21.3 Å². The minimum atomic E-state index is -0.708. The first-order valence-corrected chi connectivity index (χ1v) is 13.4. The summed E-state index contributed by atoms with van der Waals surface area (Å²) >= 11 is 0. The van der Waals surface area contributed by atoms with Crippen molar-refractivity contribution in [2.24, 2.45) is 0 Å². The van der Waals surface area contributed by atoms with Gasteiger partial charge in [0.15, 0.2) is 0 Å². The minimum absolute atomic E-state index is 0.0872. The van der Waals surface area contributed by atoms with Gasteiger partial charge in [-0.1, -0.05) is 84.9 Å². The van der Waals surface area contributed by atoms with Gasteiger partial charge in [-0.25, -0.2) is 4.79 Å². The summed E-state index contributed by atoms with van der Waals surface area (Å²) in [5, 5.41) is 19.5. The highest BCUT2D eigenvalue weighted by Crippen LogP contribution is 2.27. The molecule has 0 bridgehead atoms. The summed E-state index contributed by atoms with van der Waals surface area (Å²) in [5.41, 5.74) is 3.40. The number of carbonyl (C=O) groups is 3. The van der Waals surface area contributed by atoms with Gasteiger partial charge < -0.3 is 20.7 Å². The highest BCUT2D eigenvalue weighted by molar-refractivity contribution is 6.04. The molecule has 1 aliphatic rings. The second-order valence-electron chi connectivity index (χ2n) is 9.85. The number of hydrogen-bond donors (Lipinski definition) is 5. The quantitative estimate of drug-likeness (QED) is 0.209. The largest absolute Gasteiger partial charge is 0.444 e. The Hall–Kier alpha value is -4.50. The van der Waals surface area contributed by atoms with E-state index in [4.69, 9.17) is 10.1 Å². The van der Waals surface area contributed by atoms with Gasteiger partial charge in [-0.05, 0) is 48.9 Å². The van der Waals surface area contributed by atoms with Crippen LogP contribution < -0.4 is 21.3 Å². The Morgan fingerprint density at radius 3 is 2.33 bits per heavy atom. The third-order valence-electron chi connectivity index (χ3n) is 6.89. The number of benzene rings is 3. The van der Waals surface area contributed by atoms with Crippen LogP contribution in [0.4, 0.5) is 4.79 Å². The Bertz CT molecular complexity index is 1300. The maximum atomic E-state index is 12.8. The van der Waals surface area contributed by atoms with Crippen LogP contribution in [0.25, 0.3) is 0 Å². The number of ether oxygens (including phenoxy) is 1. The van der Waals surface area contributed by atoms with Gasteiger partial charge >= 0.3 is 6.09 Å². The molecular formula is C31H35N5O4. The van der Waals surface area contributed by atoms with Crippen LogP contribution in [0, 0.1) is 5.41 Å². The standard InChI is InChI=1S/C31H35N5O4/c1-21(35-30(38)27-18-26(16-17-33-27)24-10-6-3-7-11-24)29(37)34-19-22-12-14-25(15-13-22)28(32)36-31(39)40-20-23-8-4-2-5-9-23/h2-15,21,26-27,33H,16-20H2,1H3,(H,34,37)(H,35,38)(H2,32,36,39)/t21-,26-,27+/m0/s1. The highest BCUT2D eigenvalue weighted by Gasteiger charge is 2.29. The lowest BCUT2D eigenvalue weighted by Crippen LogP contribution is -2.53. The molecule has 9 heteroatoms. The number of rotatable bonds is 9. The van der Waals surface area contributed by atoms with E-state index in [0.717, 1.165) is 24.1 Å². The Morgan fingerprint density at radius 2 is 1.62 bits per heavy atom. The zero-order valence-electron chi connectivity index (χ0n) is 22.5. The van der Waals surface area contributed by atoms with Crippen LogP contribution in [0.3, 0.4) is 0 Å². The molecule has 9 nitrogen and oxygen atoms in total. The normalized spacial score (nSPS) is 17.2. The van der Waals surface area contributed by atoms with Crippen LogP contribution in [0.1, 0.15) is 47.9 Å². The van der Waals surface area contributed by atoms with Crippen molar-refractivity contribution in [2.45, 2.75) is 50.9 Å². The van der Waals surface area contributed by atoms with Gasteiger partial charge in [-0.2, -0.15) is 0 Å². The van der Waals surface area contributed by atoms with Crippen LogP contribution in [0.15, 0.2) is 84.9 Å². The lowest BCUT2D eigenvalue weighted by atomic mass is 9.86. The Balaban J connectivity index is 1.19. The van der Waals surface area contributed by atoms with Gasteiger partial charge in [-0.15, -0.1) is 0 Å². The Morgan fingerprint density at radius 1 is 0.950 bits per heavy atom. The van der Waals surface area contributed by atoms with Crippen LogP contribution in [-0.2, 0) is 27.5 Å². The molecule has 0 unspecified atom stereocenters.